The average Bonchev–Trinajstić information content (AvgIpc) is 2.53. The normalized spacial score (nSPS) is 21.0. The molecule has 1 heterocycles. The molecule has 2 unspecified atom stereocenters. The summed E-state index contributed by atoms with van der Waals surface area (Å²) in [4.78, 5) is 24.5. The van der Waals surface area contributed by atoms with E-state index in [0.29, 0.717) is 5.56 Å². The first-order valence-electron chi connectivity index (χ1n) is 7.37. The molecule has 1 saturated heterocycles. The van der Waals surface area contributed by atoms with E-state index in [4.69, 9.17) is 5.26 Å². The van der Waals surface area contributed by atoms with Crippen LogP contribution in [0.15, 0.2) is 24.3 Å². The highest BCUT2D eigenvalue weighted by atomic mass is 19.4. The number of rotatable bonds is 2. The number of halogens is 3. The standard InChI is InChI=1S/C16H16F3N3O2/c1-10(23)22-9-13(5-6-14(22)16(17,18)19)21-15(24)12-4-2-3-11(7-12)8-20/h2-4,7,13-14H,5-6,9H2,1H3,(H,21,24). The number of nitrogens with one attached hydrogen (secondary N) is 1. The molecule has 0 bridgehead atoms. The van der Waals surface area contributed by atoms with Gasteiger partial charge in [-0.15, -0.1) is 0 Å². The minimum absolute atomic E-state index is 0.123. The molecule has 1 aromatic rings. The molecule has 2 atom stereocenters. The summed E-state index contributed by atoms with van der Waals surface area (Å²) in [7, 11) is 0. The van der Waals surface area contributed by atoms with Gasteiger partial charge in [0.2, 0.25) is 5.91 Å². The molecule has 1 aliphatic heterocycles. The third-order valence-corrected chi connectivity index (χ3v) is 3.95. The number of benzene rings is 1. The maximum atomic E-state index is 13.0. The molecule has 1 aliphatic rings. The average molecular weight is 339 g/mol. The highest BCUT2D eigenvalue weighted by molar-refractivity contribution is 5.94. The molecule has 0 radical (unpaired) electrons. The number of nitriles is 1. The SMILES string of the molecule is CC(=O)N1CC(NC(=O)c2cccc(C#N)c2)CCC1C(F)(F)F. The highest BCUT2D eigenvalue weighted by Crippen LogP contribution is 2.32. The molecule has 0 saturated carbocycles. The van der Waals surface area contributed by atoms with Crippen molar-refractivity contribution in [1.29, 1.82) is 5.26 Å². The van der Waals surface area contributed by atoms with Crippen molar-refractivity contribution in [3.05, 3.63) is 35.4 Å². The summed E-state index contributed by atoms with van der Waals surface area (Å²) in [6, 6.07) is 5.55. The molecule has 128 valence electrons. The van der Waals surface area contributed by atoms with Crippen LogP contribution in [0.2, 0.25) is 0 Å². The van der Waals surface area contributed by atoms with Crippen molar-refractivity contribution in [3.63, 3.8) is 0 Å². The summed E-state index contributed by atoms with van der Waals surface area (Å²) in [5.74, 6) is -1.16. The Kier molecular flexibility index (Phi) is 5.12. The van der Waals surface area contributed by atoms with Gasteiger partial charge >= 0.3 is 6.18 Å². The maximum Gasteiger partial charge on any atom is 0.408 e. The minimum Gasteiger partial charge on any atom is -0.348 e. The van der Waals surface area contributed by atoms with Crippen LogP contribution in [-0.4, -0.2) is 41.5 Å². The lowest BCUT2D eigenvalue weighted by molar-refractivity contribution is -0.196. The molecule has 0 aromatic heterocycles. The Morgan fingerprint density at radius 1 is 1.33 bits per heavy atom. The van der Waals surface area contributed by atoms with Crippen molar-refractivity contribution in [2.75, 3.05) is 6.54 Å². The fourth-order valence-corrected chi connectivity index (χ4v) is 2.78. The van der Waals surface area contributed by atoms with E-state index in [0.717, 1.165) is 11.8 Å². The van der Waals surface area contributed by atoms with Gasteiger partial charge in [0.25, 0.3) is 5.91 Å². The highest BCUT2D eigenvalue weighted by Gasteiger charge is 2.47. The molecule has 5 nitrogen and oxygen atoms in total. The van der Waals surface area contributed by atoms with E-state index in [1.807, 2.05) is 6.07 Å². The second-order valence-electron chi connectivity index (χ2n) is 5.67. The molecule has 0 aliphatic carbocycles. The van der Waals surface area contributed by atoms with Crippen LogP contribution in [-0.2, 0) is 4.79 Å². The number of amides is 2. The summed E-state index contributed by atoms with van der Waals surface area (Å²) < 4.78 is 38.9. The monoisotopic (exact) mass is 339 g/mol. The first kappa shape index (κ1) is 17.8. The van der Waals surface area contributed by atoms with Gasteiger partial charge in [0, 0.05) is 25.1 Å². The maximum absolute atomic E-state index is 13.0. The predicted octanol–water partition coefficient (Wildman–Crippen LogP) is 2.23. The molecular formula is C16H16F3N3O2. The van der Waals surface area contributed by atoms with Gasteiger partial charge in [-0.1, -0.05) is 6.07 Å². The Balaban J connectivity index is 2.07. The number of carbonyl (C=O) groups is 2. The third kappa shape index (κ3) is 4.04. The molecular weight excluding hydrogens is 323 g/mol. The topological polar surface area (TPSA) is 73.2 Å². The van der Waals surface area contributed by atoms with Gasteiger partial charge < -0.3 is 10.2 Å². The van der Waals surface area contributed by atoms with Crippen molar-refractivity contribution in [2.24, 2.45) is 0 Å². The number of nitrogens with zero attached hydrogens (tertiary/aromatic N) is 2. The van der Waals surface area contributed by atoms with E-state index >= 15 is 0 Å². The fraction of sp³-hybridized carbons (Fsp3) is 0.438. The van der Waals surface area contributed by atoms with E-state index in [1.54, 1.807) is 12.1 Å². The zero-order valence-corrected chi connectivity index (χ0v) is 12.9. The van der Waals surface area contributed by atoms with E-state index in [2.05, 4.69) is 5.32 Å². The molecule has 0 spiro atoms. The molecule has 2 rings (SSSR count). The first-order chi connectivity index (χ1) is 11.2. The van der Waals surface area contributed by atoms with Crippen molar-refractivity contribution in [2.45, 2.75) is 38.0 Å². The summed E-state index contributed by atoms with van der Waals surface area (Å²) in [5, 5.41) is 11.5. The van der Waals surface area contributed by atoms with E-state index in [1.165, 1.54) is 12.1 Å². The van der Waals surface area contributed by atoms with Gasteiger partial charge in [0.1, 0.15) is 6.04 Å². The second-order valence-corrected chi connectivity index (χ2v) is 5.67. The van der Waals surface area contributed by atoms with Crippen LogP contribution < -0.4 is 5.32 Å². The number of alkyl halides is 3. The summed E-state index contributed by atoms with van der Waals surface area (Å²) in [6.07, 6.45) is -4.62. The molecule has 8 heteroatoms. The van der Waals surface area contributed by atoms with E-state index in [-0.39, 0.29) is 24.9 Å². The van der Waals surface area contributed by atoms with Crippen LogP contribution in [0.1, 0.15) is 35.7 Å². The Labute approximate surface area is 137 Å². The van der Waals surface area contributed by atoms with Crippen LogP contribution in [0.5, 0.6) is 0 Å². The summed E-state index contributed by atoms with van der Waals surface area (Å²) in [6.45, 7) is 0.891. The van der Waals surface area contributed by atoms with E-state index < -0.39 is 30.1 Å². The lowest BCUT2D eigenvalue weighted by Crippen LogP contribution is -2.57. The van der Waals surface area contributed by atoms with Gasteiger partial charge in [0.15, 0.2) is 0 Å². The molecule has 1 aromatic carbocycles. The van der Waals surface area contributed by atoms with Crippen LogP contribution in [0.25, 0.3) is 0 Å². The van der Waals surface area contributed by atoms with Gasteiger partial charge in [-0.25, -0.2) is 0 Å². The number of piperidine rings is 1. The van der Waals surface area contributed by atoms with Crippen LogP contribution >= 0.6 is 0 Å². The second kappa shape index (κ2) is 6.91. The molecule has 24 heavy (non-hydrogen) atoms. The molecule has 1 N–H and O–H groups in total. The number of hydrogen-bond donors (Lipinski definition) is 1. The lowest BCUT2D eigenvalue weighted by Gasteiger charge is -2.40. The third-order valence-electron chi connectivity index (χ3n) is 3.95. The molecule has 2 amide bonds. The summed E-state index contributed by atoms with van der Waals surface area (Å²) in [5.41, 5.74) is 0.565. The predicted molar refractivity (Wildman–Crippen MR) is 78.9 cm³/mol. The number of carbonyl (C=O) groups excluding carboxylic acids is 2. The van der Waals surface area contributed by atoms with Crippen LogP contribution in [0.4, 0.5) is 13.2 Å². The first-order valence-corrected chi connectivity index (χ1v) is 7.37. The van der Waals surface area contributed by atoms with Gasteiger partial charge in [-0.3, -0.25) is 9.59 Å². The summed E-state index contributed by atoms with van der Waals surface area (Å²) >= 11 is 0. The fourth-order valence-electron chi connectivity index (χ4n) is 2.78. The Morgan fingerprint density at radius 3 is 2.62 bits per heavy atom. The van der Waals surface area contributed by atoms with Crippen LogP contribution in [0.3, 0.4) is 0 Å². The minimum atomic E-state index is -4.48. The zero-order valence-electron chi connectivity index (χ0n) is 12.9. The van der Waals surface area contributed by atoms with Crippen molar-refractivity contribution in [1.82, 2.24) is 10.2 Å². The van der Waals surface area contributed by atoms with E-state index in [9.17, 15) is 22.8 Å². The smallest absolute Gasteiger partial charge is 0.348 e. The van der Waals surface area contributed by atoms with Gasteiger partial charge in [0.05, 0.1) is 11.6 Å². The van der Waals surface area contributed by atoms with Crippen molar-refractivity contribution in [3.8, 4) is 6.07 Å². The zero-order chi connectivity index (χ0) is 17.9. The largest absolute Gasteiger partial charge is 0.408 e. The number of hydrogen-bond acceptors (Lipinski definition) is 3. The van der Waals surface area contributed by atoms with Crippen LogP contribution in [0, 0.1) is 11.3 Å². The Bertz CT molecular complexity index is 682. The van der Waals surface area contributed by atoms with Crippen molar-refractivity contribution < 1.29 is 22.8 Å². The quantitative estimate of drug-likeness (QED) is 0.898. The Hall–Kier alpha value is -2.56. The number of likely N-dealkylation sites (tertiary alicyclic amines) is 1. The van der Waals surface area contributed by atoms with Crippen molar-refractivity contribution >= 4 is 11.8 Å². The van der Waals surface area contributed by atoms with Gasteiger partial charge in [-0.2, -0.15) is 18.4 Å². The molecule has 1 fully saturated rings. The Morgan fingerprint density at radius 2 is 2.04 bits per heavy atom. The van der Waals surface area contributed by atoms with Gasteiger partial charge in [-0.05, 0) is 31.0 Å². The lowest BCUT2D eigenvalue weighted by atomic mass is 9.97.